The topological polar surface area (TPSA) is 43.7 Å². The Kier molecular flexibility index (Phi) is 2.52. The molecule has 0 amide bonds. The van der Waals surface area contributed by atoms with Gasteiger partial charge in [-0.25, -0.2) is 3.93 Å². The summed E-state index contributed by atoms with van der Waals surface area (Å²) in [7, 11) is -1.20. The first kappa shape index (κ1) is 7.53. The van der Waals surface area contributed by atoms with Crippen LogP contribution in [0.3, 0.4) is 0 Å². The van der Waals surface area contributed by atoms with E-state index >= 15 is 0 Å². The predicted octanol–water partition coefficient (Wildman–Crippen LogP) is -0.227. The highest BCUT2D eigenvalue weighted by atomic mass is 79.9. The molecule has 0 aromatic carbocycles. The molecule has 5 heteroatoms. The Morgan fingerprint density at radius 3 is 2.44 bits per heavy atom. The molecule has 3 nitrogen and oxygen atoms in total. The standard InChI is InChI=1S/C4H9BBrNO2/c6-7-3-1-2-4(7)5(8)9/h4,8-9H,1-3H2. The first-order chi connectivity index (χ1) is 4.22. The molecule has 1 heterocycles. The summed E-state index contributed by atoms with van der Waals surface area (Å²) in [4.78, 5) is 0. The number of hydrogen-bond donors (Lipinski definition) is 2. The zero-order chi connectivity index (χ0) is 6.85. The molecule has 0 saturated carbocycles. The summed E-state index contributed by atoms with van der Waals surface area (Å²) in [5.74, 6) is -0.106. The van der Waals surface area contributed by atoms with Gasteiger partial charge in [-0.2, -0.15) is 0 Å². The molecule has 1 atom stereocenters. The Hall–Kier alpha value is 0.425. The summed E-state index contributed by atoms with van der Waals surface area (Å²) < 4.78 is 1.79. The van der Waals surface area contributed by atoms with E-state index < -0.39 is 7.12 Å². The number of nitrogens with zero attached hydrogens (tertiary/aromatic N) is 1. The second-order valence-electron chi connectivity index (χ2n) is 2.25. The van der Waals surface area contributed by atoms with Crippen LogP contribution in [-0.4, -0.2) is 33.6 Å². The van der Waals surface area contributed by atoms with Gasteiger partial charge in [-0.15, -0.1) is 0 Å². The lowest BCUT2D eigenvalue weighted by Crippen LogP contribution is -2.37. The Labute approximate surface area is 63.1 Å². The van der Waals surface area contributed by atoms with Crippen molar-refractivity contribution in [3.8, 4) is 0 Å². The van der Waals surface area contributed by atoms with Gasteiger partial charge in [0.15, 0.2) is 0 Å². The maximum Gasteiger partial charge on any atom is 0.470 e. The molecule has 9 heavy (non-hydrogen) atoms. The summed E-state index contributed by atoms with van der Waals surface area (Å²) in [6.45, 7) is 0.905. The molecule has 0 spiro atoms. The average molecular weight is 194 g/mol. The molecule has 0 aromatic heterocycles. The van der Waals surface area contributed by atoms with Gasteiger partial charge in [-0.05, 0) is 12.8 Å². The van der Waals surface area contributed by atoms with Crippen LogP contribution in [0.25, 0.3) is 0 Å². The van der Waals surface area contributed by atoms with Crippen LogP contribution in [0.4, 0.5) is 0 Å². The molecule has 1 saturated heterocycles. The quantitative estimate of drug-likeness (QED) is 0.447. The fourth-order valence-corrected chi connectivity index (χ4v) is 1.72. The monoisotopic (exact) mass is 193 g/mol. The molecule has 1 rings (SSSR count). The lowest BCUT2D eigenvalue weighted by atomic mass is 9.79. The molecule has 0 aliphatic carbocycles. The molecule has 0 bridgehead atoms. The Balaban J connectivity index is 2.40. The van der Waals surface area contributed by atoms with Crippen molar-refractivity contribution in [2.45, 2.75) is 18.8 Å². The van der Waals surface area contributed by atoms with Crippen molar-refractivity contribution in [2.24, 2.45) is 0 Å². The molecule has 0 aromatic rings. The van der Waals surface area contributed by atoms with E-state index in [4.69, 9.17) is 10.0 Å². The van der Waals surface area contributed by atoms with Gasteiger partial charge < -0.3 is 10.0 Å². The summed E-state index contributed by atoms with van der Waals surface area (Å²) in [6, 6.07) is 0. The summed E-state index contributed by atoms with van der Waals surface area (Å²) in [5.41, 5.74) is 0. The van der Waals surface area contributed by atoms with Crippen LogP contribution in [0.1, 0.15) is 12.8 Å². The van der Waals surface area contributed by atoms with Crippen LogP contribution in [0.5, 0.6) is 0 Å². The van der Waals surface area contributed by atoms with E-state index in [1.54, 1.807) is 3.93 Å². The van der Waals surface area contributed by atoms with Crippen LogP contribution < -0.4 is 0 Å². The third kappa shape index (κ3) is 1.67. The van der Waals surface area contributed by atoms with Crippen molar-refractivity contribution in [2.75, 3.05) is 6.54 Å². The van der Waals surface area contributed by atoms with E-state index in [9.17, 15) is 0 Å². The lowest BCUT2D eigenvalue weighted by Gasteiger charge is -2.14. The Morgan fingerprint density at radius 2 is 2.22 bits per heavy atom. The highest BCUT2D eigenvalue weighted by molar-refractivity contribution is 9.07. The van der Waals surface area contributed by atoms with Gasteiger partial charge in [0.25, 0.3) is 0 Å². The zero-order valence-electron chi connectivity index (χ0n) is 5.00. The maximum atomic E-state index is 8.71. The van der Waals surface area contributed by atoms with E-state index in [0.29, 0.717) is 0 Å². The maximum absolute atomic E-state index is 8.71. The predicted molar refractivity (Wildman–Crippen MR) is 38.8 cm³/mol. The Bertz CT molecular complexity index is 103. The van der Waals surface area contributed by atoms with Crippen LogP contribution in [-0.2, 0) is 0 Å². The third-order valence-corrected chi connectivity index (χ3v) is 2.46. The number of rotatable bonds is 1. The van der Waals surface area contributed by atoms with Gasteiger partial charge in [-0.1, -0.05) is 0 Å². The van der Waals surface area contributed by atoms with Gasteiger partial charge in [-0.3, -0.25) is 0 Å². The van der Waals surface area contributed by atoms with E-state index in [2.05, 4.69) is 16.1 Å². The van der Waals surface area contributed by atoms with Crippen LogP contribution in [0.15, 0.2) is 0 Å². The molecule has 1 aliphatic rings. The molecular weight excluding hydrogens is 185 g/mol. The first-order valence-electron chi connectivity index (χ1n) is 3.00. The largest absolute Gasteiger partial charge is 0.470 e. The molecule has 52 valence electrons. The second-order valence-corrected chi connectivity index (χ2v) is 3.16. The minimum absolute atomic E-state index is 0.106. The smallest absolute Gasteiger partial charge is 0.426 e. The number of hydrogen-bond acceptors (Lipinski definition) is 3. The van der Waals surface area contributed by atoms with Crippen LogP contribution in [0.2, 0.25) is 0 Å². The van der Waals surface area contributed by atoms with Gasteiger partial charge in [0, 0.05) is 22.7 Å². The molecule has 2 N–H and O–H groups in total. The van der Waals surface area contributed by atoms with Crippen molar-refractivity contribution in [1.82, 2.24) is 3.93 Å². The summed E-state index contributed by atoms with van der Waals surface area (Å²) in [5, 5.41) is 17.4. The fraction of sp³-hybridized carbons (Fsp3) is 1.00. The van der Waals surface area contributed by atoms with E-state index in [-0.39, 0.29) is 5.94 Å². The molecular formula is C4H9BBrNO2. The minimum Gasteiger partial charge on any atom is -0.426 e. The molecule has 0 radical (unpaired) electrons. The van der Waals surface area contributed by atoms with E-state index in [1.807, 2.05) is 0 Å². The summed E-state index contributed by atoms with van der Waals surface area (Å²) >= 11 is 3.22. The zero-order valence-corrected chi connectivity index (χ0v) is 6.58. The molecule has 1 aliphatic heterocycles. The highest BCUT2D eigenvalue weighted by Crippen LogP contribution is 2.20. The van der Waals surface area contributed by atoms with Gasteiger partial charge in [0.05, 0.1) is 5.94 Å². The second kappa shape index (κ2) is 3.01. The van der Waals surface area contributed by atoms with Gasteiger partial charge in [0.1, 0.15) is 0 Å². The van der Waals surface area contributed by atoms with Crippen LogP contribution >= 0.6 is 16.1 Å². The highest BCUT2D eigenvalue weighted by Gasteiger charge is 2.32. The summed E-state index contributed by atoms with van der Waals surface area (Å²) in [6.07, 6.45) is 1.90. The van der Waals surface area contributed by atoms with Gasteiger partial charge >= 0.3 is 7.12 Å². The van der Waals surface area contributed by atoms with Crippen molar-refractivity contribution < 1.29 is 10.0 Å². The van der Waals surface area contributed by atoms with Crippen molar-refractivity contribution in [3.05, 3.63) is 0 Å². The van der Waals surface area contributed by atoms with Crippen LogP contribution in [0, 0.1) is 0 Å². The lowest BCUT2D eigenvalue weighted by molar-refractivity contribution is 0.354. The fourth-order valence-electron chi connectivity index (χ4n) is 1.05. The van der Waals surface area contributed by atoms with Crippen molar-refractivity contribution >= 4 is 23.3 Å². The van der Waals surface area contributed by atoms with Gasteiger partial charge in [0.2, 0.25) is 0 Å². The normalized spacial score (nSPS) is 29.0. The molecule has 1 fully saturated rings. The van der Waals surface area contributed by atoms with Crippen molar-refractivity contribution in [3.63, 3.8) is 0 Å². The van der Waals surface area contributed by atoms with Crippen molar-refractivity contribution in [1.29, 1.82) is 0 Å². The first-order valence-corrected chi connectivity index (χ1v) is 3.71. The SMILES string of the molecule is OB(O)C1CCCN1Br. The third-order valence-electron chi connectivity index (χ3n) is 1.58. The van der Waals surface area contributed by atoms with E-state index in [1.165, 1.54) is 0 Å². The Morgan fingerprint density at radius 1 is 1.56 bits per heavy atom. The number of halogens is 1. The van der Waals surface area contributed by atoms with E-state index in [0.717, 1.165) is 19.4 Å². The average Bonchev–Trinajstić information content (AvgIpc) is 2.13. The minimum atomic E-state index is -1.20. The molecule has 1 unspecified atom stereocenters.